The molecule has 3 aromatic rings. The quantitative estimate of drug-likeness (QED) is 0.348. The Labute approximate surface area is 179 Å². The molecule has 1 atom stereocenters. The number of aromatic nitrogens is 1. The van der Waals surface area contributed by atoms with E-state index in [2.05, 4.69) is 15.4 Å². The van der Waals surface area contributed by atoms with Crippen LogP contribution in [0.1, 0.15) is 5.56 Å². The molecule has 0 bridgehead atoms. The van der Waals surface area contributed by atoms with Crippen molar-refractivity contribution in [3.63, 3.8) is 0 Å². The molecule has 0 saturated carbocycles. The van der Waals surface area contributed by atoms with Crippen LogP contribution in [0.3, 0.4) is 0 Å². The fraction of sp³-hybridized carbons (Fsp3) is 0.0833. The van der Waals surface area contributed by atoms with Gasteiger partial charge in [0.15, 0.2) is 17.1 Å². The van der Waals surface area contributed by atoms with Gasteiger partial charge in [0.25, 0.3) is 0 Å². The maximum absolute atomic E-state index is 13.9. The summed E-state index contributed by atoms with van der Waals surface area (Å²) >= 11 is 0. The van der Waals surface area contributed by atoms with Crippen LogP contribution in [0.2, 0.25) is 0 Å². The van der Waals surface area contributed by atoms with Crippen molar-refractivity contribution in [3.8, 4) is 0 Å². The second kappa shape index (κ2) is 8.04. The molecule has 4 rings (SSSR count). The van der Waals surface area contributed by atoms with Crippen molar-refractivity contribution in [2.45, 2.75) is 6.92 Å². The van der Waals surface area contributed by atoms with Crippen molar-refractivity contribution in [2.24, 2.45) is 5.10 Å². The van der Waals surface area contributed by atoms with E-state index in [0.717, 1.165) is 11.3 Å². The lowest BCUT2D eigenvalue weighted by Crippen LogP contribution is -2.41. The Balaban J connectivity index is 1.60. The highest BCUT2D eigenvalue weighted by atomic mass is 19.1. The molecule has 0 fully saturated rings. The summed E-state index contributed by atoms with van der Waals surface area (Å²) in [7, 11) is 1.76. The Bertz CT molecular complexity index is 1290. The topological polar surface area (TPSA) is 78.2 Å². The summed E-state index contributed by atoms with van der Waals surface area (Å²) < 4.78 is 13.7. The van der Waals surface area contributed by atoms with Crippen molar-refractivity contribution < 1.29 is 9.18 Å². The number of pyridine rings is 1. The average molecular weight is 414 g/mol. The van der Waals surface area contributed by atoms with Crippen molar-refractivity contribution in [3.05, 3.63) is 90.2 Å². The van der Waals surface area contributed by atoms with Crippen LogP contribution in [0.15, 0.2) is 83.9 Å². The molecule has 0 aliphatic carbocycles. The van der Waals surface area contributed by atoms with Crippen LogP contribution in [0.25, 0.3) is 10.9 Å². The van der Waals surface area contributed by atoms with Gasteiger partial charge >= 0.3 is 0 Å². The van der Waals surface area contributed by atoms with Gasteiger partial charge in [-0.05, 0) is 42.8 Å². The number of benzene rings is 2. The van der Waals surface area contributed by atoms with Crippen LogP contribution >= 0.6 is 0 Å². The van der Waals surface area contributed by atoms with E-state index in [4.69, 9.17) is 5.41 Å². The highest BCUT2D eigenvalue weighted by Gasteiger charge is 2.39. The Morgan fingerprint density at radius 2 is 2.03 bits per heavy atom. The van der Waals surface area contributed by atoms with E-state index in [9.17, 15) is 9.18 Å². The molecule has 31 heavy (non-hydrogen) atoms. The van der Waals surface area contributed by atoms with Crippen LogP contribution in [0, 0.1) is 18.2 Å². The van der Waals surface area contributed by atoms with Gasteiger partial charge in [-0.3, -0.25) is 15.2 Å². The number of carbonyl (C=O) groups is 1. The first-order chi connectivity index (χ1) is 14.9. The van der Waals surface area contributed by atoms with E-state index in [1.54, 1.807) is 37.7 Å². The molecule has 0 radical (unpaired) electrons. The molecule has 1 aliphatic heterocycles. The third kappa shape index (κ3) is 3.91. The fourth-order valence-electron chi connectivity index (χ4n) is 3.58. The lowest BCUT2D eigenvalue weighted by atomic mass is 10.1. The molecule has 1 aromatic heterocycles. The number of rotatable bonds is 6. The number of aryl methyl sites for hydroxylation is 1. The van der Waals surface area contributed by atoms with Gasteiger partial charge in [-0.1, -0.05) is 17.2 Å². The summed E-state index contributed by atoms with van der Waals surface area (Å²) in [4.78, 5) is 17.0. The molecule has 154 valence electrons. The number of halogens is 1. The number of anilines is 1. The van der Waals surface area contributed by atoms with E-state index < -0.39 is 11.6 Å². The van der Waals surface area contributed by atoms with Crippen LogP contribution < -0.4 is 9.91 Å². The summed E-state index contributed by atoms with van der Waals surface area (Å²) in [6.07, 6.45) is 7.63. The molecule has 7 heteroatoms. The van der Waals surface area contributed by atoms with E-state index in [0.29, 0.717) is 22.3 Å². The van der Waals surface area contributed by atoms with Crippen LogP contribution in [-0.2, 0) is 4.79 Å². The van der Waals surface area contributed by atoms with E-state index in [1.165, 1.54) is 24.4 Å². The number of carbonyl (C=O) groups excluding carboxylic acids is 1. The zero-order valence-corrected chi connectivity index (χ0v) is 17.1. The molecular weight excluding hydrogens is 393 g/mol. The Kier molecular flexibility index (Phi) is 5.27. The number of ketones is 1. The van der Waals surface area contributed by atoms with E-state index in [1.807, 2.05) is 31.2 Å². The predicted octanol–water partition coefficient (Wildman–Crippen LogP) is 4.72. The normalized spacial score (nSPS) is 17.8. The van der Waals surface area contributed by atoms with Crippen molar-refractivity contribution in [2.75, 3.05) is 12.4 Å². The van der Waals surface area contributed by atoms with Crippen molar-refractivity contribution in [1.82, 2.24) is 9.58 Å². The van der Waals surface area contributed by atoms with Crippen molar-refractivity contribution >= 4 is 40.0 Å². The molecule has 0 spiro atoms. The second-order valence-electron chi connectivity index (χ2n) is 7.35. The number of nitrogens with zero attached hydrogens (tertiary/aromatic N) is 3. The lowest BCUT2D eigenvalue weighted by Gasteiger charge is -2.26. The minimum Gasteiger partial charge on any atom is -0.362 e. The maximum Gasteiger partial charge on any atom is 0.211 e. The minimum absolute atomic E-state index is 0.174. The van der Waals surface area contributed by atoms with Crippen LogP contribution in [-0.4, -0.2) is 29.7 Å². The molecular formula is C24H21FN5O+. The maximum atomic E-state index is 13.9. The second-order valence-corrected chi connectivity index (χ2v) is 7.35. The summed E-state index contributed by atoms with van der Waals surface area (Å²) in [5.41, 5.74) is 3.39. The first-order valence-corrected chi connectivity index (χ1v) is 9.69. The smallest absolute Gasteiger partial charge is 0.211 e. The molecule has 0 amide bonds. The van der Waals surface area contributed by atoms with Crippen molar-refractivity contribution in [1.29, 1.82) is 5.41 Å². The average Bonchev–Trinajstić information content (AvgIpc) is 3.15. The third-order valence-corrected chi connectivity index (χ3v) is 5.15. The number of quaternary nitrogens is 1. The van der Waals surface area contributed by atoms with Gasteiger partial charge in [-0.25, -0.2) is 4.39 Å². The summed E-state index contributed by atoms with van der Waals surface area (Å²) in [6.45, 7) is 1.98. The summed E-state index contributed by atoms with van der Waals surface area (Å²) in [6, 6.07) is 13.8. The number of fused-ring (bicyclic) bond motifs is 1. The fourth-order valence-corrected chi connectivity index (χ4v) is 3.58. The van der Waals surface area contributed by atoms with E-state index in [-0.39, 0.29) is 10.3 Å². The number of hydrogen-bond acceptors (Lipinski definition) is 5. The molecule has 2 heterocycles. The van der Waals surface area contributed by atoms with Gasteiger partial charge < -0.3 is 5.32 Å². The predicted molar refractivity (Wildman–Crippen MR) is 123 cm³/mol. The van der Waals surface area contributed by atoms with Gasteiger partial charge in [-0.2, -0.15) is 0 Å². The first-order valence-electron chi connectivity index (χ1n) is 9.69. The number of allylic oxidation sites excluding steroid dienone is 3. The SMILES string of the molecule is Cc1cccc(NC=CC(=O)C(=N)C2=CC=N[N+]2(C)c2ccnc3ccc(F)cc23)c1. The Morgan fingerprint density at radius 1 is 1.19 bits per heavy atom. The zero-order valence-electron chi connectivity index (χ0n) is 17.1. The van der Waals surface area contributed by atoms with Gasteiger partial charge in [0, 0.05) is 36.3 Å². The van der Waals surface area contributed by atoms with Crippen LogP contribution in [0.5, 0.6) is 0 Å². The Morgan fingerprint density at radius 3 is 2.84 bits per heavy atom. The minimum atomic E-state index is -0.467. The highest BCUT2D eigenvalue weighted by Crippen LogP contribution is 2.36. The largest absolute Gasteiger partial charge is 0.362 e. The van der Waals surface area contributed by atoms with Gasteiger partial charge in [-0.15, -0.1) is 4.59 Å². The number of hydrogen-bond donors (Lipinski definition) is 2. The molecule has 2 N–H and O–H groups in total. The molecule has 1 aliphatic rings. The lowest BCUT2D eigenvalue weighted by molar-refractivity contribution is -0.109. The summed E-state index contributed by atoms with van der Waals surface area (Å²) in [5, 5.41) is 16.6. The zero-order chi connectivity index (χ0) is 22.0. The van der Waals surface area contributed by atoms with Crippen LogP contribution in [0.4, 0.5) is 15.8 Å². The third-order valence-electron chi connectivity index (χ3n) is 5.15. The monoisotopic (exact) mass is 414 g/mol. The standard InChI is InChI=1S/C24H20FN5O/c1-16-4-3-5-18(14-16)27-12-10-23(31)24(26)22-9-13-29-30(22,2)21-8-11-28-20-7-6-17(25)15-19(20)21/h3-15,26H,1-2H3/p+1. The first kappa shape index (κ1) is 20.3. The molecule has 0 saturated heterocycles. The van der Waals surface area contributed by atoms with Gasteiger partial charge in [0.1, 0.15) is 12.9 Å². The molecule has 2 aromatic carbocycles. The molecule has 1 unspecified atom stereocenters. The summed E-state index contributed by atoms with van der Waals surface area (Å²) in [5.74, 6) is -0.857. The van der Waals surface area contributed by atoms with Gasteiger partial charge in [0.05, 0.1) is 17.1 Å². The van der Waals surface area contributed by atoms with E-state index >= 15 is 0 Å². The van der Waals surface area contributed by atoms with Gasteiger partial charge in [0.2, 0.25) is 5.78 Å². The number of nitrogens with one attached hydrogen (secondary N) is 2. The highest BCUT2D eigenvalue weighted by molar-refractivity contribution is 6.49. The Hall–Kier alpha value is -3.97. The molecule has 6 nitrogen and oxygen atoms in total.